The van der Waals surface area contributed by atoms with E-state index >= 15 is 0 Å². The van der Waals surface area contributed by atoms with Gasteiger partial charge in [0.25, 0.3) is 0 Å². The van der Waals surface area contributed by atoms with E-state index in [9.17, 15) is 4.79 Å². The number of rotatable bonds is 7. The van der Waals surface area contributed by atoms with Crippen LogP contribution in [-0.2, 0) is 6.42 Å². The van der Waals surface area contributed by atoms with Crippen LogP contribution in [0, 0.1) is 0 Å². The number of ether oxygens (including phenoxy) is 2. The molecule has 0 spiro atoms. The molecule has 3 rings (SSSR count). The van der Waals surface area contributed by atoms with Gasteiger partial charge in [0, 0.05) is 32.7 Å². The summed E-state index contributed by atoms with van der Waals surface area (Å²) in [6.45, 7) is 7.65. The maximum atomic E-state index is 12.5. The number of piperazine rings is 1. The van der Waals surface area contributed by atoms with Crippen LogP contribution in [0.2, 0.25) is 0 Å². The SMILES string of the molecule is COc1cccc(CCNC(=O)N2CCN(c3ccccc3OC(C)C)CC2)c1. The molecule has 0 bridgehead atoms. The molecule has 0 saturated carbocycles. The summed E-state index contributed by atoms with van der Waals surface area (Å²) in [6, 6.07) is 16.1. The number of hydrogen-bond donors (Lipinski definition) is 1. The van der Waals surface area contributed by atoms with Crippen LogP contribution in [-0.4, -0.2) is 56.9 Å². The molecule has 0 atom stereocenters. The van der Waals surface area contributed by atoms with E-state index in [1.54, 1.807) is 7.11 Å². The first kappa shape index (κ1) is 20.8. The Morgan fingerprint density at radius 2 is 1.83 bits per heavy atom. The van der Waals surface area contributed by atoms with Gasteiger partial charge in [0.2, 0.25) is 0 Å². The minimum absolute atomic E-state index is 0.000684. The van der Waals surface area contributed by atoms with Crippen molar-refractivity contribution in [2.75, 3.05) is 44.7 Å². The summed E-state index contributed by atoms with van der Waals surface area (Å²) in [5.41, 5.74) is 2.25. The summed E-state index contributed by atoms with van der Waals surface area (Å²) in [7, 11) is 1.66. The van der Waals surface area contributed by atoms with Gasteiger partial charge in [-0.1, -0.05) is 24.3 Å². The van der Waals surface area contributed by atoms with Crippen molar-refractivity contribution in [2.45, 2.75) is 26.4 Å². The topological polar surface area (TPSA) is 54.0 Å². The van der Waals surface area contributed by atoms with Crippen LogP contribution in [0.3, 0.4) is 0 Å². The van der Waals surface area contributed by atoms with Crippen LogP contribution in [0.15, 0.2) is 48.5 Å². The molecule has 2 amide bonds. The number of carbonyl (C=O) groups excluding carboxylic acids is 1. The van der Waals surface area contributed by atoms with Crippen LogP contribution in [0.4, 0.5) is 10.5 Å². The van der Waals surface area contributed by atoms with Crippen molar-refractivity contribution in [1.29, 1.82) is 0 Å². The Morgan fingerprint density at radius 1 is 1.07 bits per heavy atom. The summed E-state index contributed by atoms with van der Waals surface area (Å²) >= 11 is 0. The third kappa shape index (κ3) is 5.79. The molecule has 1 heterocycles. The second kappa shape index (κ2) is 10.0. The Labute approximate surface area is 173 Å². The molecule has 29 heavy (non-hydrogen) atoms. The van der Waals surface area contributed by atoms with Gasteiger partial charge in [0.15, 0.2) is 0 Å². The zero-order valence-corrected chi connectivity index (χ0v) is 17.6. The molecular weight excluding hydrogens is 366 g/mol. The van der Waals surface area contributed by atoms with E-state index in [2.05, 4.69) is 16.3 Å². The molecule has 2 aromatic carbocycles. The van der Waals surface area contributed by atoms with Gasteiger partial charge in [-0.05, 0) is 50.1 Å². The van der Waals surface area contributed by atoms with E-state index in [1.165, 1.54) is 0 Å². The van der Waals surface area contributed by atoms with Gasteiger partial charge in [-0.2, -0.15) is 0 Å². The van der Waals surface area contributed by atoms with Gasteiger partial charge in [-0.15, -0.1) is 0 Å². The monoisotopic (exact) mass is 397 g/mol. The molecule has 1 fully saturated rings. The Morgan fingerprint density at radius 3 is 2.55 bits per heavy atom. The lowest BCUT2D eigenvalue weighted by Crippen LogP contribution is -2.52. The minimum atomic E-state index is -0.000684. The van der Waals surface area contributed by atoms with E-state index < -0.39 is 0 Å². The van der Waals surface area contributed by atoms with Crippen molar-refractivity contribution in [3.05, 3.63) is 54.1 Å². The fourth-order valence-electron chi connectivity index (χ4n) is 3.48. The number of urea groups is 1. The quantitative estimate of drug-likeness (QED) is 0.776. The molecule has 1 aliphatic heterocycles. The number of anilines is 1. The maximum absolute atomic E-state index is 12.5. The largest absolute Gasteiger partial charge is 0.497 e. The molecule has 2 aromatic rings. The van der Waals surface area contributed by atoms with Gasteiger partial charge >= 0.3 is 6.03 Å². The van der Waals surface area contributed by atoms with Crippen molar-refractivity contribution in [3.63, 3.8) is 0 Å². The summed E-state index contributed by atoms with van der Waals surface area (Å²) in [6.07, 6.45) is 0.913. The maximum Gasteiger partial charge on any atom is 0.317 e. The zero-order chi connectivity index (χ0) is 20.6. The summed E-state index contributed by atoms with van der Waals surface area (Å²) in [5, 5.41) is 3.03. The Hall–Kier alpha value is -2.89. The lowest BCUT2D eigenvalue weighted by molar-refractivity contribution is 0.194. The molecule has 6 heteroatoms. The average molecular weight is 398 g/mol. The van der Waals surface area contributed by atoms with Gasteiger partial charge < -0.3 is 24.6 Å². The van der Waals surface area contributed by atoms with Gasteiger partial charge in [0.05, 0.1) is 18.9 Å². The molecule has 1 N–H and O–H groups in total. The first-order chi connectivity index (χ1) is 14.1. The standard InChI is InChI=1S/C23H31N3O3/c1-18(2)29-22-10-5-4-9-21(22)25-13-15-26(16-14-25)23(27)24-12-11-19-7-6-8-20(17-19)28-3/h4-10,17-18H,11-16H2,1-3H3,(H,24,27). The molecule has 0 aromatic heterocycles. The number of para-hydroxylation sites is 2. The van der Waals surface area contributed by atoms with Gasteiger partial charge in [0.1, 0.15) is 11.5 Å². The highest BCUT2D eigenvalue weighted by molar-refractivity contribution is 5.74. The molecule has 6 nitrogen and oxygen atoms in total. The molecular formula is C23H31N3O3. The van der Waals surface area contributed by atoms with Crippen LogP contribution in [0.1, 0.15) is 19.4 Å². The normalized spacial score (nSPS) is 14.1. The number of carbonyl (C=O) groups is 1. The lowest BCUT2D eigenvalue weighted by atomic mass is 10.1. The minimum Gasteiger partial charge on any atom is -0.497 e. The van der Waals surface area contributed by atoms with Crippen molar-refractivity contribution in [3.8, 4) is 11.5 Å². The number of methoxy groups -OCH3 is 1. The summed E-state index contributed by atoms with van der Waals surface area (Å²) in [5.74, 6) is 1.74. The van der Waals surface area contributed by atoms with E-state index in [1.807, 2.05) is 61.2 Å². The van der Waals surface area contributed by atoms with Crippen LogP contribution in [0.5, 0.6) is 11.5 Å². The van der Waals surface area contributed by atoms with E-state index in [4.69, 9.17) is 9.47 Å². The molecule has 0 aliphatic carbocycles. The van der Waals surface area contributed by atoms with Crippen molar-refractivity contribution >= 4 is 11.7 Å². The summed E-state index contributed by atoms with van der Waals surface area (Å²) < 4.78 is 11.2. The molecule has 0 unspecified atom stereocenters. The van der Waals surface area contributed by atoms with Crippen LogP contribution in [0.25, 0.3) is 0 Å². The molecule has 1 aliphatic rings. The highest BCUT2D eigenvalue weighted by atomic mass is 16.5. The fourth-order valence-corrected chi connectivity index (χ4v) is 3.48. The zero-order valence-electron chi connectivity index (χ0n) is 17.6. The number of nitrogens with one attached hydrogen (secondary N) is 1. The lowest BCUT2D eigenvalue weighted by Gasteiger charge is -2.36. The van der Waals surface area contributed by atoms with Crippen molar-refractivity contribution < 1.29 is 14.3 Å². The summed E-state index contributed by atoms with van der Waals surface area (Å²) in [4.78, 5) is 16.7. The third-order valence-corrected chi connectivity index (χ3v) is 4.96. The van der Waals surface area contributed by atoms with Crippen LogP contribution >= 0.6 is 0 Å². The highest BCUT2D eigenvalue weighted by Gasteiger charge is 2.23. The van der Waals surface area contributed by atoms with Crippen LogP contribution < -0.4 is 19.7 Å². The predicted molar refractivity (Wildman–Crippen MR) is 116 cm³/mol. The van der Waals surface area contributed by atoms with Crippen molar-refractivity contribution in [1.82, 2.24) is 10.2 Å². The second-order valence-electron chi connectivity index (χ2n) is 7.44. The van der Waals surface area contributed by atoms with Gasteiger partial charge in [-0.25, -0.2) is 4.79 Å². The molecule has 156 valence electrons. The average Bonchev–Trinajstić information content (AvgIpc) is 2.74. The predicted octanol–water partition coefficient (Wildman–Crippen LogP) is 3.56. The Bertz CT molecular complexity index is 801. The fraction of sp³-hybridized carbons (Fsp3) is 0.435. The number of benzene rings is 2. The first-order valence-electron chi connectivity index (χ1n) is 10.2. The number of nitrogens with zero attached hydrogens (tertiary/aromatic N) is 2. The van der Waals surface area contributed by atoms with E-state index in [0.29, 0.717) is 19.6 Å². The Balaban J connectivity index is 1.47. The van der Waals surface area contributed by atoms with E-state index in [0.717, 1.165) is 42.3 Å². The number of amides is 2. The van der Waals surface area contributed by atoms with Gasteiger partial charge in [-0.3, -0.25) is 0 Å². The number of hydrogen-bond acceptors (Lipinski definition) is 4. The first-order valence-corrected chi connectivity index (χ1v) is 10.2. The highest BCUT2D eigenvalue weighted by Crippen LogP contribution is 2.29. The third-order valence-electron chi connectivity index (χ3n) is 4.96. The molecule has 0 radical (unpaired) electrons. The molecule has 1 saturated heterocycles. The van der Waals surface area contributed by atoms with Crippen molar-refractivity contribution in [2.24, 2.45) is 0 Å². The smallest absolute Gasteiger partial charge is 0.317 e. The van der Waals surface area contributed by atoms with E-state index in [-0.39, 0.29) is 12.1 Å². The Kier molecular flexibility index (Phi) is 7.22. The second-order valence-corrected chi connectivity index (χ2v) is 7.44.